The number of benzene rings is 1. The summed E-state index contributed by atoms with van der Waals surface area (Å²) in [4.78, 5) is 26.2. The summed E-state index contributed by atoms with van der Waals surface area (Å²) in [7, 11) is 0. The standard InChI is InChI=1S/C19H22F3N3O6/c20-19(21,22)11-2-1-3-12(8-11)23-18(27)31-14-10-30-15-13(9-29-16(14)15)24-17(26)25-4-6-28-7-5-25/h1-3,8,13-16H,4-7,9-10H2,(H,23,27)(H,24,26)/t13-,14+,15+,16+/m0/s1. The van der Waals surface area contributed by atoms with Gasteiger partial charge in [-0.1, -0.05) is 6.07 Å². The van der Waals surface area contributed by atoms with Crippen LogP contribution in [-0.2, 0) is 25.1 Å². The van der Waals surface area contributed by atoms with Crippen LogP contribution < -0.4 is 10.6 Å². The van der Waals surface area contributed by atoms with Gasteiger partial charge in [-0.2, -0.15) is 13.2 Å². The van der Waals surface area contributed by atoms with Gasteiger partial charge in [-0.05, 0) is 18.2 Å². The molecule has 31 heavy (non-hydrogen) atoms. The third kappa shape index (κ3) is 5.02. The minimum Gasteiger partial charge on any atom is -0.441 e. The Hall–Kier alpha value is -2.57. The third-order valence-electron chi connectivity index (χ3n) is 5.31. The van der Waals surface area contributed by atoms with Crippen LogP contribution in [0.5, 0.6) is 0 Å². The molecule has 0 aliphatic carbocycles. The van der Waals surface area contributed by atoms with Gasteiger partial charge >= 0.3 is 18.3 Å². The Balaban J connectivity index is 1.29. The van der Waals surface area contributed by atoms with E-state index >= 15 is 0 Å². The molecule has 0 bridgehead atoms. The van der Waals surface area contributed by atoms with Gasteiger partial charge < -0.3 is 29.2 Å². The monoisotopic (exact) mass is 445 g/mol. The van der Waals surface area contributed by atoms with Crippen molar-refractivity contribution in [2.75, 3.05) is 44.8 Å². The van der Waals surface area contributed by atoms with Gasteiger partial charge in [-0.15, -0.1) is 0 Å². The first-order valence-corrected chi connectivity index (χ1v) is 9.82. The van der Waals surface area contributed by atoms with Crippen molar-refractivity contribution < 1.29 is 41.7 Å². The van der Waals surface area contributed by atoms with Crippen LogP contribution in [0.3, 0.4) is 0 Å². The second kappa shape index (κ2) is 8.89. The van der Waals surface area contributed by atoms with E-state index in [1.54, 1.807) is 4.90 Å². The van der Waals surface area contributed by atoms with Gasteiger partial charge in [-0.3, -0.25) is 5.32 Å². The summed E-state index contributed by atoms with van der Waals surface area (Å²) >= 11 is 0. The Morgan fingerprint density at radius 1 is 1.10 bits per heavy atom. The number of carbonyl (C=O) groups excluding carboxylic acids is 2. The van der Waals surface area contributed by atoms with Crippen molar-refractivity contribution in [2.45, 2.75) is 30.5 Å². The highest BCUT2D eigenvalue weighted by atomic mass is 19.4. The van der Waals surface area contributed by atoms with Crippen molar-refractivity contribution in [1.29, 1.82) is 0 Å². The molecule has 0 unspecified atom stereocenters. The molecule has 12 heteroatoms. The lowest BCUT2D eigenvalue weighted by Crippen LogP contribution is -2.52. The van der Waals surface area contributed by atoms with Crippen molar-refractivity contribution in [3.63, 3.8) is 0 Å². The SMILES string of the molecule is O=C(Nc1cccc(C(F)(F)F)c1)O[C@@H]1CO[C@H]2[C@@H]1OC[C@@H]2NC(=O)N1CCOCC1. The number of ether oxygens (including phenoxy) is 4. The molecule has 3 fully saturated rings. The molecule has 3 saturated heterocycles. The largest absolute Gasteiger partial charge is 0.441 e. The highest BCUT2D eigenvalue weighted by Crippen LogP contribution is 2.31. The Labute approximate surface area is 175 Å². The lowest BCUT2D eigenvalue weighted by Gasteiger charge is -2.29. The molecule has 170 valence electrons. The molecule has 1 aromatic rings. The number of halogens is 3. The van der Waals surface area contributed by atoms with Gasteiger partial charge in [0.05, 0.1) is 38.0 Å². The predicted octanol–water partition coefficient (Wildman–Crippen LogP) is 1.83. The molecule has 3 aliphatic heterocycles. The van der Waals surface area contributed by atoms with E-state index in [0.717, 1.165) is 12.1 Å². The van der Waals surface area contributed by atoms with E-state index < -0.39 is 42.2 Å². The number of anilines is 1. The normalized spacial score (nSPS) is 28.2. The molecule has 3 aliphatic rings. The fourth-order valence-corrected chi connectivity index (χ4v) is 3.76. The highest BCUT2D eigenvalue weighted by Gasteiger charge is 2.50. The highest BCUT2D eigenvalue weighted by molar-refractivity contribution is 5.84. The summed E-state index contributed by atoms with van der Waals surface area (Å²) in [6.07, 6.45) is -7.26. The first-order valence-electron chi connectivity index (χ1n) is 9.82. The fraction of sp³-hybridized carbons (Fsp3) is 0.579. The van der Waals surface area contributed by atoms with Gasteiger partial charge in [0, 0.05) is 18.8 Å². The van der Waals surface area contributed by atoms with E-state index in [1.807, 2.05) is 0 Å². The number of morpholine rings is 1. The number of alkyl halides is 3. The summed E-state index contributed by atoms with van der Waals surface area (Å²) in [6, 6.07) is 3.60. The van der Waals surface area contributed by atoms with Gasteiger partial charge in [0.1, 0.15) is 12.2 Å². The summed E-state index contributed by atoms with van der Waals surface area (Å²) in [6.45, 7) is 2.20. The van der Waals surface area contributed by atoms with Crippen LogP contribution in [0.2, 0.25) is 0 Å². The fourth-order valence-electron chi connectivity index (χ4n) is 3.76. The quantitative estimate of drug-likeness (QED) is 0.737. The molecule has 3 amide bonds. The van der Waals surface area contributed by atoms with E-state index in [0.29, 0.717) is 26.3 Å². The Morgan fingerprint density at radius 3 is 2.58 bits per heavy atom. The molecule has 4 atom stereocenters. The minimum absolute atomic E-state index is 0.0433. The zero-order chi connectivity index (χ0) is 22.0. The second-order valence-electron chi connectivity index (χ2n) is 7.40. The summed E-state index contributed by atoms with van der Waals surface area (Å²) in [5.41, 5.74) is -0.925. The van der Waals surface area contributed by atoms with Crippen molar-refractivity contribution in [3.8, 4) is 0 Å². The number of carbonyl (C=O) groups is 2. The maximum atomic E-state index is 12.8. The summed E-state index contributed by atoms with van der Waals surface area (Å²) in [5.74, 6) is 0. The van der Waals surface area contributed by atoms with Gasteiger partial charge in [0.15, 0.2) is 6.10 Å². The minimum atomic E-state index is -4.52. The van der Waals surface area contributed by atoms with Gasteiger partial charge in [0.2, 0.25) is 0 Å². The van der Waals surface area contributed by atoms with E-state index in [9.17, 15) is 22.8 Å². The molecule has 2 N–H and O–H groups in total. The van der Waals surface area contributed by atoms with E-state index in [2.05, 4.69) is 10.6 Å². The molecule has 4 rings (SSSR count). The van der Waals surface area contributed by atoms with Crippen LogP contribution >= 0.6 is 0 Å². The number of hydrogen-bond donors (Lipinski definition) is 2. The zero-order valence-corrected chi connectivity index (χ0v) is 16.4. The van der Waals surface area contributed by atoms with Crippen LogP contribution in [-0.4, -0.2) is 80.9 Å². The van der Waals surface area contributed by atoms with Crippen molar-refractivity contribution in [3.05, 3.63) is 29.8 Å². The van der Waals surface area contributed by atoms with E-state index in [-0.39, 0.29) is 24.9 Å². The van der Waals surface area contributed by atoms with Crippen molar-refractivity contribution in [2.24, 2.45) is 0 Å². The Kier molecular flexibility index (Phi) is 6.21. The van der Waals surface area contributed by atoms with Gasteiger partial charge in [-0.25, -0.2) is 9.59 Å². The van der Waals surface area contributed by atoms with Crippen molar-refractivity contribution in [1.82, 2.24) is 10.2 Å². The molecular weight excluding hydrogens is 423 g/mol. The Morgan fingerprint density at radius 2 is 1.84 bits per heavy atom. The summed E-state index contributed by atoms with van der Waals surface area (Å²) < 4.78 is 60.3. The molecular formula is C19H22F3N3O6. The molecule has 1 aromatic carbocycles. The number of rotatable bonds is 3. The van der Waals surface area contributed by atoms with E-state index in [4.69, 9.17) is 18.9 Å². The maximum Gasteiger partial charge on any atom is 0.416 e. The number of nitrogens with one attached hydrogen (secondary N) is 2. The average Bonchev–Trinajstić information content (AvgIpc) is 3.32. The number of amides is 3. The first kappa shape index (κ1) is 21.7. The lowest BCUT2D eigenvalue weighted by atomic mass is 10.1. The third-order valence-corrected chi connectivity index (χ3v) is 5.31. The molecule has 0 spiro atoms. The average molecular weight is 445 g/mol. The van der Waals surface area contributed by atoms with Crippen LogP contribution in [0, 0.1) is 0 Å². The second-order valence-corrected chi connectivity index (χ2v) is 7.40. The number of urea groups is 1. The summed E-state index contributed by atoms with van der Waals surface area (Å²) in [5, 5.41) is 5.16. The number of hydrogen-bond acceptors (Lipinski definition) is 6. The number of nitrogens with zero attached hydrogens (tertiary/aromatic N) is 1. The zero-order valence-electron chi connectivity index (χ0n) is 16.4. The van der Waals surface area contributed by atoms with E-state index in [1.165, 1.54) is 12.1 Å². The van der Waals surface area contributed by atoms with Crippen LogP contribution in [0.1, 0.15) is 5.56 Å². The molecule has 3 heterocycles. The lowest BCUT2D eigenvalue weighted by molar-refractivity contribution is -0.137. The smallest absolute Gasteiger partial charge is 0.416 e. The van der Waals surface area contributed by atoms with Crippen LogP contribution in [0.25, 0.3) is 0 Å². The van der Waals surface area contributed by atoms with Crippen LogP contribution in [0.4, 0.5) is 28.4 Å². The van der Waals surface area contributed by atoms with Gasteiger partial charge in [0.25, 0.3) is 0 Å². The van der Waals surface area contributed by atoms with Crippen molar-refractivity contribution >= 4 is 17.8 Å². The predicted molar refractivity (Wildman–Crippen MR) is 99.5 cm³/mol. The molecule has 0 aromatic heterocycles. The molecule has 0 saturated carbocycles. The number of fused-ring (bicyclic) bond motifs is 1. The first-order chi connectivity index (χ1) is 14.8. The van der Waals surface area contributed by atoms with Crippen LogP contribution in [0.15, 0.2) is 24.3 Å². The topological polar surface area (TPSA) is 98.4 Å². The molecule has 0 radical (unpaired) electrons. The Bertz CT molecular complexity index is 817. The maximum absolute atomic E-state index is 12.8. The molecule has 9 nitrogen and oxygen atoms in total.